The number of halogens is 5. The van der Waals surface area contributed by atoms with E-state index in [1.807, 2.05) is 0 Å². The molecule has 2 N–H and O–H groups in total. The van der Waals surface area contributed by atoms with E-state index >= 15 is 0 Å². The first-order chi connectivity index (χ1) is 12.7. The highest BCUT2D eigenvalue weighted by atomic mass is 32.1. The van der Waals surface area contributed by atoms with E-state index in [0.717, 1.165) is 31.0 Å². The van der Waals surface area contributed by atoms with Gasteiger partial charge in [0.2, 0.25) is 0 Å². The molecule has 27 heavy (non-hydrogen) atoms. The topological polar surface area (TPSA) is 41.9 Å². The molecule has 0 bridgehead atoms. The summed E-state index contributed by atoms with van der Waals surface area (Å²) in [4.78, 5) is 0. The highest BCUT2D eigenvalue weighted by Crippen LogP contribution is 2.42. The van der Waals surface area contributed by atoms with Crippen LogP contribution in [0.15, 0.2) is 24.3 Å². The van der Waals surface area contributed by atoms with E-state index in [4.69, 9.17) is 12.2 Å². The predicted octanol–water partition coefficient (Wildman–Crippen LogP) is 4.43. The second kappa shape index (κ2) is 7.79. The maximum atomic E-state index is 13.6. The van der Waals surface area contributed by atoms with Crippen molar-refractivity contribution in [1.29, 1.82) is 0 Å². The molecule has 146 valence electrons. The third-order valence-electron chi connectivity index (χ3n) is 4.11. The highest BCUT2D eigenvalue weighted by Gasteiger charge is 2.37. The van der Waals surface area contributed by atoms with E-state index < -0.39 is 23.5 Å². The minimum Gasteiger partial charge on any atom is -0.362 e. The number of nitrogens with zero attached hydrogens (tertiary/aromatic N) is 2. The van der Waals surface area contributed by atoms with Crippen LogP contribution in [0.4, 0.5) is 27.6 Å². The van der Waals surface area contributed by atoms with Gasteiger partial charge in [0.05, 0.1) is 5.69 Å². The maximum absolute atomic E-state index is 13.6. The van der Waals surface area contributed by atoms with Crippen LogP contribution in [-0.2, 0) is 12.7 Å². The Labute approximate surface area is 157 Å². The van der Waals surface area contributed by atoms with Gasteiger partial charge < -0.3 is 10.6 Å². The summed E-state index contributed by atoms with van der Waals surface area (Å²) in [6.45, 7) is 0.669. The fourth-order valence-corrected chi connectivity index (χ4v) is 2.86. The summed E-state index contributed by atoms with van der Waals surface area (Å²) in [7, 11) is 0. The van der Waals surface area contributed by atoms with Crippen molar-refractivity contribution >= 4 is 23.0 Å². The van der Waals surface area contributed by atoms with Gasteiger partial charge >= 0.3 is 6.18 Å². The molecule has 0 aliphatic heterocycles. The van der Waals surface area contributed by atoms with Gasteiger partial charge in [0.1, 0.15) is 11.6 Å². The number of aromatic nitrogens is 2. The summed E-state index contributed by atoms with van der Waals surface area (Å²) in [6, 6.07) is 4.18. The summed E-state index contributed by atoms with van der Waals surface area (Å²) in [5, 5.41) is 9.26. The number of thiocarbonyl (C=S) groups is 1. The number of rotatable bonds is 6. The number of benzene rings is 1. The molecule has 0 amide bonds. The summed E-state index contributed by atoms with van der Waals surface area (Å²) in [6.07, 6.45) is -2.23. The molecule has 1 aromatic heterocycles. The Bertz CT molecular complexity index is 829. The van der Waals surface area contributed by atoms with Crippen molar-refractivity contribution in [3.8, 4) is 0 Å². The Hall–Kier alpha value is -2.23. The SMILES string of the molecule is Fc1ccc(NC(=S)NCCCn2nc(C(F)(F)F)cc2C2CC2)c(F)c1. The second-order valence-corrected chi connectivity index (χ2v) is 6.72. The molecule has 1 heterocycles. The van der Waals surface area contributed by atoms with Crippen molar-refractivity contribution in [3.63, 3.8) is 0 Å². The fourth-order valence-electron chi connectivity index (χ4n) is 2.64. The van der Waals surface area contributed by atoms with Crippen LogP contribution >= 0.6 is 12.2 Å². The van der Waals surface area contributed by atoms with Gasteiger partial charge in [-0.3, -0.25) is 4.68 Å². The zero-order chi connectivity index (χ0) is 19.6. The molecule has 4 nitrogen and oxygen atoms in total. The van der Waals surface area contributed by atoms with Crippen LogP contribution in [0.2, 0.25) is 0 Å². The van der Waals surface area contributed by atoms with E-state index in [9.17, 15) is 22.0 Å². The lowest BCUT2D eigenvalue weighted by Crippen LogP contribution is -2.30. The first-order valence-electron chi connectivity index (χ1n) is 8.39. The molecular weight excluding hydrogens is 387 g/mol. The third kappa shape index (κ3) is 5.15. The Morgan fingerprint density at radius 2 is 1.96 bits per heavy atom. The van der Waals surface area contributed by atoms with Crippen molar-refractivity contribution in [3.05, 3.63) is 47.3 Å². The lowest BCUT2D eigenvalue weighted by Gasteiger charge is -2.12. The zero-order valence-electron chi connectivity index (χ0n) is 14.1. The monoisotopic (exact) mass is 404 g/mol. The molecule has 1 aliphatic rings. The summed E-state index contributed by atoms with van der Waals surface area (Å²) < 4.78 is 66.4. The predicted molar refractivity (Wildman–Crippen MR) is 94.4 cm³/mol. The van der Waals surface area contributed by atoms with Crippen molar-refractivity contribution in [2.45, 2.75) is 37.9 Å². The van der Waals surface area contributed by atoms with Crippen LogP contribution in [0, 0.1) is 11.6 Å². The van der Waals surface area contributed by atoms with Gasteiger partial charge in [-0.2, -0.15) is 18.3 Å². The van der Waals surface area contributed by atoms with E-state index in [-0.39, 0.29) is 16.7 Å². The van der Waals surface area contributed by atoms with Gasteiger partial charge in [-0.1, -0.05) is 0 Å². The van der Waals surface area contributed by atoms with Crippen LogP contribution < -0.4 is 10.6 Å². The quantitative estimate of drug-likeness (QED) is 0.425. The number of anilines is 1. The minimum absolute atomic E-state index is 0.0341. The number of hydrogen-bond donors (Lipinski definition) is 2. The minimum atomic E-state index is -4.46. The van der Waals surface area contributed by atoms with Crippen LogP contribution in [-0.4, -0.2) is 21.4 Å². The summed E-state index contributed by atoms with van der Waals surface area (Å²) in [5.41, 5.74) is -0.232. The average molecular weight is 404 g/mol. The Morgan fingerprint density at radius 3 is 2.59 bits per heavy atom. The molecule has 0 radical (unpaired) electrons. The van der Waals surface area contributed by atoms with Gasteiger partial charge in [-0.15, -0.1) is 0 Å². The molecule has 1 aromatic carbocycles. The van der Waals surface area contributed by atoms with Gasteiger partial charge in [0, 0.05) is 30.8 Å². The van der Waals surface area contributed by atoms with Crippen molar-refractivity contribution in [1.82, 2.24) is 15.1 Å². The lowest BCUT2D eigenvalue weighted by atomic mass is 10.2. The molecule has 1 saturated carbocycles. The molecule has 0 unspecified atom stereocenters. The van der Waals surface area contributed by atoms with Gasteiger partial charge in [-0.25, -0.2) is 8.78 Å². The molecule has 1 fully saturated rings. The molecule has 0 spiro atoms. The van der Waals surface area contributed by atoms with Crippen molar-refractivity contribution in [2.75, 3.05) is 11.9 Å². The number of nitrogens with one attached hydrogen (secondary N) is 2. The molecule has 10 heteroatoms. The van der Waals surface area contributed by atoms with Crippen molar-refractivity contribution in [2.24, 2.45) is 0 Å². The number of alkyl halides is 3. The first-order valence-corrected chi connectivity index (χ1v) is 8.79. The zero-order valence-corrected chi connectivity index (χ0v) is 14.9. The molecule has 2 aromatic rings. The van der Waals surface area contributed by atoms with Crippen LogP contribution in [0.25, 0.3) is 0 Å². The first kappa shape index (κ1) is 19.5. The van der Waals surface area contributed by atoms with Gasteiger partial charge in [0.15, 0.2) is 10.8 Å². The number of aryl methyl sites for hydroxylation is 1. The Balaban J connectivity index is 1.50. The van der Waals surface area contributed by atoms with E-state index in [1.54, 1.807) is 0 Å². The Morgan fingerprint density at radius 1 is 1.22 bits per heavy atom. The normalized spacial score (nSPS) is 14.3. The molecule has 1 aliphatic carbocycles. The van der Waals surface area contributed by atoms with Crippen LogP contribution in [0.5, 0.6) is 0 Å². The van der Waals surface area contributed by atoms with Gasteiger partial charge in [0.25, 0.3) is 0 Å². The molecule has 0 saturated heterocycles. The highest BCUT2D eigenvalue weighted by molar-refractivity contribution is 7.80. The summed E-state index contributed by atoms with van der Waals surface area (Å²) >= 11 is 5.04. The van der Waals surface area contributed by atoms with Crippen molar-refractivity contribution < 1.29 is 22.0 Å². The van der Waals surface area contributed by atoms with E-state index in [2.05, 4.69) is 15.7 Å². The fraction of sp³-hybridized carbons (Fsp3) is 0.412. The summed E-state index contributed by atoms with van der Waals surface area (Å²) in [5.74, 6) is -1.32. The van der Waals surface area contributed by atoms with Crippen LogP contribution in [0.1, 0.15) is 36.6 Å². The Kier molecular flexibility index (Phi) is 5.64. The second-order valence-electron chi connectivity index (χ2n) is 6.31. The maximum Gasteiger partial charge on any atom is 0.435 e. The smallest absolute Gasteiger partial charge is 0.362 e. The van der Waals surface area contributed by atoms with E-state index in [0.29, 0.717) is 25.2 Å². The van der Waals surface area contributed by atoms with Gasteiger partial charge in [-0.05, 0) is 49.7 Å². The standard InChI is InChI=1S/C17H17F5N4S/c18-11-4-5-13(12(19)8-11)24-16(27)23-6-1-7-26-14(10-2-3-10)9-15(25-26)17(20,21)22/h4-5,8-10H,1-3,6-7H2,(H2,23,24,27). The molecule has 3 rings (SSSR count). The average Bonchev–Trinajstić information content (AvgIpc) is 3.33. The molecule has 0 atom stereocenters. The third-order valence-corrected chi connectivity index (χ3v) is 4.36. The molecular formula is C17H17F5N4S. The lowest BCUT2D eigenvalue weighted by molar-refractivity contribution is -0.141. The van der Waals surface area contributed by atoms with E-state index in [1.165, 1.54) is 10.7 Å². The number of hydrogen-bond acceptors (Lipinski definition) is 2. The largest absolute Gasteiger partial charge is 0.435 e. The van der Waals surface area contributed by atoms with Crippen LogP contribution in [0.3, 0.4) is 0 Å².